The Morgan fingerprint density at radius 2 is 2.00 bits per heavy atom. The minimum absolute atomic E-state index is 0.106. The lowest BCUT2D eigenvalue weighted by Gasteiger charge is -2.05. The third-order valence-corrected chi connectivity index (χ3v) is 3.34. The SMILES string of the molecule is COc1ccc2[nH]c3c(OSC(F)(F)F)nccc3c2c1. The number of halogens is 3. The van der Waals surface area contributed by atoms with E-state index in [0.717, 1.165) is 16.3 Å². The van der Waals surface area contributed by atoms with Gasteiger partial charge in [0.2, 0.25) is 0 Å². The summed E-state index contributed by atoms with van der Waals surface area (Å²) in [6.45, 7) is 0. The number of hydrogen-bond donors (Lipinski definition) is 1. The fourth-order valence-corrected chi connectivity index (χ4v) is 2.35. The second kappa shape index (κ2) is 5.03. The van der Waals surface area contributed by atoms with E-state index in [-0.39, 0.29) is 5.88 Å². The molecule has 0 spiro atoms. The minimum Gasteiger partial charge on any atom is -0.497 e. The number of methoxy groups -OCH3 is 1. The first-order valence-electron chi connectivity index (χ1n) is 5.85. The predicted molar refractivity (Wildman–Crippen MR) is 74.4 cm³/mol. The van der Waals surface area contributed by atoms with E-state index in [2.05, 4.69) is 14.2 Å². The van der Waals surface area contributed by atoms with E-state index in [1.807, 2.05) is 0 Å². The third kappa shape index (κ3) is 2.71. The molecule has 3 aromatic rings. The second-order valence-electron chi connectivity index (χ2n) is 4.19. The molecule has 3 rings (SSSR count). The number of fused-ring (bicyclic) bond motifs is 3. The molecule has 0 aliphatic carbocycles. The summed E-state index contributed by atoms with van der Waals surface area (Å²) in [5.74, 6) is 0.553. The zero-order chi connectivity index (χ0) is 15.0. The zero-order valence-corrected chi connectivity index (χ0v) is 11.5. The number of alkyl halides is 3. The van der Waals surface area contributed by atoms with Crippen molar-refractivity contribution in [3.63, 3.8) is 0 Å². The van der Waals surface area contributed by atoms with Crippen LogP contribution in [0.2, 0.25) is 0 Å². The number of hydrogen-bond acceptors (Lipinski definition) is 4. The lowest BCUT2D eigenvalue weighted by atomic mass is 10.2. The molecule has 21 heavy (non-hydrogen) atoms. The van der Waals surface area contributed by atoms with Gasteiger partial charge < -0.3 is 13.9 Å². The van der Waals surface area contributed by atoms with Gasteiger partial charge in [-0.15, -0.1) is 0 Å². The van der Waals surface area contributed by atoms with Gasteiger partial charge >= 0.3 is 5.51 Å². The number of pyridine rings is 1. The molecule has 0 radical (unpaired) electrons. The van der Waals surface area contributed by atoms with E-state index < -0.39 is 17.6 Å². The Morgan fingerprint density at radius 3 is 2.71 bits per heavy atom. The Morgan fingerprint density at radius 1 is 1.19 bits per heavy atom. The molecule has 2 aromatic heterocycles. The van der Waals surface area contributed by atoms with E-state index >= 15 is 0 Å². The molecule has 0 amide bonds. The molecule has 0 bridgehead atoms. The van der Waals surface area contributed by atoms with Gasteiger partial charge in [-0.2, -0.15) is 13.2 Å². The van der Waals surface area contributed by atoms with Crippen LogP contribution in [0.4, 0.5) is 13.2 Å². The summed E-state index contributed by atoms with van der Waals surface area (Å²) in [6.07, 6.45) is 1.40. The molecule has 0 unspecified atom stereocenters. The monoisotopic (exact) mass is 314 g/mol. The molecular weight excluding hydrogens is 305 g/mol. The summed E-state index contributed by atoms with van der Waals surface area (Å²) in [4.78, 5) is 6.85. The lowest BCUT2D eigenvalue weighted by Crippen LogP contribution is -2.03. The minimum atomic E-state index is -4.49. The average Bonchev–Trinajstić information content (AvgIpc) is 2.82. The molecule has 4 nitrogen and oxygen atoms in total. The van der Waals surface area contributed by atoms with Crippen molar-refractivity contribution in [1.29, 1.82) is 0 Å². The zero-order valence-electron chi connectivity index (χ0n) is 10.7. The first-order valence-corrected chi connectivity index (χ1v) is 6.59. The van der Waals surface area contributed by atoms with Gasteiger partial charge in [0.1, 0.15) is 11.3 Å². The number of rotatable bonds is 3. The van der Waals surface area contributed by atoms with Gasteiger partial charge in [-0.1, -0.05) is 0 Å². The van der Waals surface area contributed by atoms with E-state index in [9.17, 15) is 13.2 Å². The topological polar surface area (TPSA) is 47.1 Å². The third-order valence-electron chi connectivity index (χ3n) is 2.91. The molecule has 110 valence electrons. The van der Waals surface area contributed by atoms with Gasteiger partial charge in [-0.3, -0.25) is 0 Å². The molecule has 0 aliphatic heterocycles. The van der Waals surface area contributed by atoms with Crippen molar-refractivity contribution >= 4 is 33.8 Å². The Bertz CT molecular complexity index is 801. The highest BCUT2D eigenvalue weighted by atomic mass is 32.2. The van der Waals surface area contributed by atoms with Gasteiger partial charge in [-0.25, -0.2) is 4.98 Å². The molecule has 0 fully saturated rings. The average molecular weight is 314 g/mol. The van der Waals surface area contributed by atoms with Crippen LogP contribution in [0, 0.1) is 0 Å². The Kier molecular flexibility index (Phi) is 3.32. The molecular formula is C13H9F3N2O2S. The maximum Gasteiger partial charge on any atom is 0.479 e. The summed E-state index contributed by atoms with van der Waals surface area (Å²) in [5.41, 5.74) is -3.31. The van der Waals surface area contributed by atoms with Crippen LogP contribution in [0.3, 0.4) is 0 Å². The van der Waals surface area contributed by atoms with Crippen LogP contribution in [0.15, 0.2) is 30.5 Å². The summed E-state index contributed by atoms with van der Waals surface area (Å²) < 4.78 is 46.5. The van der Waals surface area contributed by atoms with Crippen LogP contribution in [0.5, 0.6) is 11.6 Å². The first-order chi connectivity index (χ1) is 9.98. The van der Waals surface area contributed by atoms with Crippen molar-refractivity contribution in [1.82, 2.24) is 9.97 Å². The predicted octanol–water partition coefficient (Wildman–Crippen LogP) is 4.27. The van der Waals surface area contributed by atoms with Crippen molar-refractivity contribution in [2.45, 2.75) is 5.51 Å². The van der Waals surface area contributed by atoms with Crippen LogP contribution in [0.25, 0.3) is 21.8 Å². The first kappa shape index (κ1) is 13.9. The summed E-state index contributed by atoms with van der Waals surface area (Å²) in [7, 11) is 1.55. The number of nitrogens with zero attached hydrogens (tertiary/aromatic N) is 1. The van der Waals surface area contributed by atoms with Crippen molar-refractivity contribution in [2.75, 3.05) is 7.11 Å². The molecule has 2 heterocycles. The molecule has 0 atom stereocenters. The lowest BCUT2D eigenvalue weighted by molar-refractivity contribution is -0.0370. The van der Waals surface area contributed by atoms with E-state index in [1.165, 1.54) is 6.20 Å². The van der Waals surface area contributed by atoms with E-state index in [0.29, 0.717) is 11.3 Å². The molecule has 1 aromatic carbocycles. The highest BCUT2D eigenvalue weighted by Gasteiger charge is 2.32. The Labute approximate surface area is 121 Å². The van der Waals surface area contributed by atoms with E-state index in [4.69, 9.17) is 4.74 Å². The van der Waals surface area contributed by atoms with Crippen molar-refractivity contribution in [3.05, 3.63) is 30.5 Å². The number of aromatic amines is 1. The summed E-state index contributed by atoms with van der Waals surface area (Å²) >= 11 is -0.588. The smallest absolute Gasteiger partial charge is 0.479 e. The van der Waals surface area contributed by atoms with Crippen LogP contribution >= 0.6 is 12.0 Å². The van der Waals surface area contributed by atoms with Gasteiger partial charge in [0.15, 0.2) is 12.0 Å². The van der Waals surface area contributed by atoms with Gasteiger partial charge in [0, 0.05) is 22.5 Å². The highest BCUT2D eigenvalue weighted by molar-refractivity contribution is 7.95. The second-order valence-corrected chi connectivity index (χ2v) is 4.98. The van der Waals surface area contributed by atoms with Crippen molar-refractivity contribution in [3.8, 4) is 11.6 Å². The van der Waals surface area contributed by atoms with Crippen LogP contribution in [-0.2, 0) is 0 Å². The summed E-state index contributed by atoms with van der Waals surface area (Å²) in [6, 6.07) is 7.05. The molecule has 1 N–H and O–H groups in total. The van der Waals surface area contributed by atoms with Gasteiger partial charge in [0.05, 0.1) is 7.11 Å². The number of H-pyrrole nitrogens is 1. The summed E-state index contributed by atoms with van der Waals surface area (Å²) in [5, 5.41) is 1.55. The number of ether oxygens (including phenoxy) is 1. The number of nitrogens with one attached hydrogen (secondary N) is 1. The Balaban J connectivity index is 2.11. The fraction of sp³-hybridized carbons (Fsp3) is 0.154. The maximum absolute atomic E-state index is 12.2. The molecule has 0 saturated heterocycles. The van der Waals surface area contributed by atoms with Crippen molar-refractivity contribution < 1.29 is 22.1 Å². The quantitative estimate of drug-likeness (QED) is 0.733. The van der Waals surface area contributed by atoms with Crippen LogP contribution in [0.1, 0.15) is 0 Å². The van der Waals surface area contributed by atoms with Gasteiger partial charge in [0.25, 0.3) is 5.88 Å². The van der Waals surface area contributed by atoms with E-state index in [1.54, 1.807) is 31.4 Å². The number of benzene rings is 1. The van der Waals surface area contributed by atoms with Gasteiger partial charge in [-0.05, 0) is 24.3 Å². The molecule has 0 saturated carbocycles. The highest BCUT2D eigenvalue weighted by Crippen LogP contribution is 2.36. The standard InChI is InChI=1S/C13H9F3N2O2S/c1-19-7-2-3-10-9(6-7)8-4-5-17-12(11(8)18-10)20-21-13(14,15)16/h2-6,18H,1H3. The van der Waals surface area contributed by atoms with Crippen molar-refractivity contribution in [2.24, 2.45) is 0 Å². The fourth-order valence-electron chi connectivity index (χ4n) is 2.05. The number of aromatic nitrogens is 2. The molecule has 0 aliphatic rings. The normalized spacial score (nSPS) is 12.0. The van der Waals surface area contributed by atoms with Crippen LogP contribution < -0.4 is 8.92 Å². The Hall–Kier alpha value is -2.09. The van der Waals surface area contributed by atoms with Crippen LogP contribution in [-0.4, -0.2) is 22.6 Å². The largest absolute Gasteiger partial charge is 0.497 e. The molecule has 8 heteroatoms. The maximum atomic E-state index is 12.2.